The van der Waals surface area contributed by atoms with Crippen LogP contribution in [-0.2, 0) is 0 Å². The van der Waals surface area contributed by atoms with Crippen LogP contribution in [0.1, 0.15) is 57.4 Å². The molecule has 5 rings (SSSR count). The number of tetrazole rings is 1. The molecule has 8 heteroatoms. The molecule has 1 saturated carbocycles. The maximum atomic E-state index is 12.8. The normalized spacial score (nSPS) is 13.2. The lowest BCUT2D eigenvalue weighted by atomic mass is 9.83. The Morgan fingerprint density at radius 3 is 2.84 bits per heavy atom. The Labute approximate surface area is 189 Å². The van der Waals surface area contributed by atoms with Gasteiger partial charge in [0.25, 0.3) is 5.91 Å². The number of carbonyl (C=O) groups excluding carboxylic acids is 1. The summed E-state index contributed by atoms with van der Waals surface area (Å²) in [5.74, 6) is 7.20. The number of nitrogens with zero attached hydrogens (tertiary/aromatic N) is 4. The first-order valence-corrected chi connectivity index (χ1v) is 11.3. The average molecular weight is 441 g/mol. The van der Waals surface area contributed by atoms with Crippen LogP contribution >= 0.6 is 11.3 Å². The van der Waals surface area contributed by atoms with Crippen molar-refractivity contribution in [1.82, 2.24) is 25.6 Å². The van der Waals surface area contributed by atoms with E-state index in [-0.39, 0.29) is 5.91 Å². The Kier molecular flexibility index (Phi) is 5.48. The highest BCUT2D eigenvalue weighted by Crippen LogP contribution is 2.36. The molecule has 32 heavy (non-hydrogen) atoms. The largest absolute Gasteiger partial charge is 0.322 e. The van der Waals surface area contributed by atoms with Crippen LogP contribution in [0.25, 0.3) is 11.4 Å². The number of amides is 1. The van der Waals surface area contributed by atoms with E-state index in [2.05, 4.69) is 48.1 Å². The highest BCUT2D eigenvalue weighted by Gasteiger charge is 2.21. The molecule has 4 aromatic rings. The summed E-state index contributed by atoms with van der Waals surface area (Å²) in [6.45, 7) is 1.92. The molecule has 158 valence electrons. The third-order valence-electron chi connectivity index (χ3n) is 5.56. The summed E-state index contributed by atoms with van der Waals surface area (Å²) >= 11 is 1.58. The van der Waals surface area contributed by atoms with Crippen LogP contribution in [0.5, 0.6) is 0 Å². The average Bonchev–Trinajstić information content (AvgIpc) is 3.45. The number of benzene rings is 2. The molecule has 0 saturated heterocycles. The zero-order valence-electron chi connectivity index (χ0n) is 17.4. The van der Waals surface area contributed by atoms with Crippen LogP contribution in [-0.4, -0.2) is 31.5 Å². The zero-order valence-corrected chi connectivity index (χ0v) is 18.2. The van der Waals surface area contributed by atoms with Crippen molar-refractivity contribution in [2.45, 2.75) is 32.1 Å². The van der Waals surface area contributed by atoms with Gasteiger partial charge in [0.15, 0.2) is 5.01 Å². The third-order valence-corrected chi connectivity index (χ3v) is 6.34. The molecular formula is C24H20N6OS. The minimum Gasteiger partial charge on any atom is -0.322 e. The molecule has 2 heterocycles. The second kappa shape index (κ2) is 8.73. The molecule has 0 bridgehead atoms. The first kappa shape index (κ1) is 20.1. The first-order chi connectivity index (χ1) is 15.7. The van der Waals surface area contributed by atoms with Crippen molar-refractivity contribution < 1.29 is 4.79 Å². The van der Waals surface area contributed by atoms with Gasteiger partial charge in [-0.2, -0.15) is 5.21 Å². The second-order valence-corrected chi connectivity index (χ2v) is 8.61. The van der Waals surface area contributed by atoms with Gasteiger partial charge in [0.05, 0.1) is 5.69 Å². The number of carbonyl (C=O) groups is 1. The lowest BCUT2D eigenvalue weighted by molar-refractivity contribution is 0.102. The topological polar surface area (TPSA) is 96.5 Å². The highest BCUT2D eigenvalue weighted by atomic mass is 32.1. The van der Waals surface area contributed by atoms with Crippen molar-refractivity contribution in [1.29, 1.82) is 0 Å². The molecule has 0 atom stereocenters. The maximum absolute atomic E-state index is 12.8. The molecule has 0 spiro atoms. The van der Waals surface area contributed by atoms with E-state index in [0.717, 1.165) is 27.4 Å². The summed E-state index contributed by atoms with van der Waals surface area (Å²) in [6.07, 6.45) is 3.75. The lowest BCUT2D eigenvalue weighted by Gasteiger charge is -2.22. The maximum Gasteiger partial charge on any atom is 0.255 e. The van der Waals surface area contributed by atoms with Gasteiger partial charge in [0.1, 0.15) is 0 Å². The van der Waals surface area contributed by atoms with E-state index in [4.69, 9.17) is 0 Å². The smallest absolute Gasteiger partial charge is 0.255 e. The molecule has 0 unspecified atom stereocenters. The number of aromatic amines is 1. The van der Waals surface area contributed by atoms with Gasteiger partial charge in [-0.1, -0.05) is 18.4 Å². The number of anilines is 1. The van der Waals surface area contributed by atoms with Crippen LogP contribution in [0.4, 0.5) is 5.69 Å². The van der Waals surface area contributed by atoms with Crippen LogP contribution in [0, 0.1) is 18.8 Å². The fourth-order valence-electron chi connectivity index (χ4n) is 3.52. The van der Waals surface area contributed by atoms with Gasteiger partial charge in [-0.05, 0) is 72.9 Å². The minimum absolute atomic E-state index is 0.189. The summed E-state index contributed by atoms with van der Waals surface area (Å²) in [7, 11) is 0. The quantitative estimate of drug-likeness (QED) is 0.454. The molecular weight excluding hydrogens is 420 g/mol. The fourth-order valence-corrected chi connectivity index (χ4v) is 4.27. The molecule has 2 N–H and O–H groups in total. The standard InChI is InChI=1S/C24H20N6OS/c1-15-12-18(23-27-29-30-28-23)9-10-20(15)26-24(31)19-7-2-4-16(13-19)8-11-22-25-21(14-32-22)17-5-3-6-17/h2,4,7,9-10,12-14,17H,3,5-6H2,1H3,(H,26,31)(H,27,28,29,30). The SMILES string of the molecule is Cc1cc(-c2nn[nH]n2)ccc1NC(=O)c1cccc(C#Cc2nc(C3CCC3)cs2)c1. The first-order valence-electron chi connectivity index (χ1n) is 10.4. The van der Waals surface area contributed by atoms with Crippen molar-refractivity contribution in [3.8, 4) is 23.2 Å². The Bertz CT molecular complexity index is 1330. The third kappa shape index (κ3) is 4.29. The van der Waals surface area contributed by atoms with E-state index in [1.54, 1.807) is 23.5 Å². The summed E-state index contributed by atoms with van der Waals surface area (Å²) in [4.78, 5) is 17.5. The van der Waals surface area contributed by atoms with Gasteiger partial charge in [0, 0.05) is 33.7 Å². The molecule has 1 aliphatic carbocycles. The van der Waals surface area contributed by atoms with E-state index < -0.39 is 0 Å². The van der Waals surface area contributed by atoms with Gasteiger partial charge in [0.2, 0.25) is 5.82 Å². The molecule has 1 amide bonds. The van der Waals surface area contributed by atoms with E-state index in [9.17, 15) is 4.79 Å². The van der Waals surface area contributed by atoms with Crippen molar-refractivity contribution in [3.63, 3.8) is 0 Å². The number of hydrogen-bond acceptors (Lipinski definition) is 6. The Morgan fingerprint density at radius 1 is 1.19 bits per heavy atom. The summed E-state index contributed by atoms with van der Waals surface area (Å²) in [5, 5.41) is 19.9. The monoisotopic (exact) mass is 440 g/mol. The predicted molar refractivity (Wildman–Crippen MR) is 123 cm³/mol. The number of rotatable bonds is 4. The highest BCUT2D eigenvalue weighted by molar-refractivity contribution is 7.10. The summed E-state index contributed by atoms with van der Waals surface area (Å²) in [5.41, 5.74) is 4.95. The number of H-pyrrole nitrogens is 1. The summed E-state index contributed by atoms with van der Waals surface area (Å²) in [6, 6.07) is 12.9. The van der Waals surface area contributed by atoms with Gasteiger partial charge in [-0.3, -0.25) is 4.79 Å². The van der Waals surface area contributed by atoms with Gasteiger partial charge in [-0.15, -0.1) is 21.5 Å². The van der Waals surface area contributed by atoms with Gasteiger partial charge >= 0.3 is 0 Å². The molecule has 2 aromatic heterocycles. The fraction of sp³-hybridized carbons (Fsp3) is 0.208. The molecule has 0 radical (unpaired) electrons. The van der Waals surface area contributed by atoms with Crippen LogP contribution < -0.4 is 5.32 Å². The number of aromatic nitrogens is 5. The van der Waals surface area contributed by atoms with E-state index >= 15 is 0 Å². The van der Waals surface area contributed by atoms with Crippen LogP contribution in [0.3, 0.4) is 0 Å². The van der Waals surface area contributed by atoms with Gasteiger partial charge < -0.3 is 5.32 Å². The van der Waals surface area contributed by atoms with Crippen molar-refractivity contribution in [2.75, 3.05) is 5.32 Å². The lowest BCUT2D eigenvalue weighted by Crippen LogP contribution is -2.13. The van der Waals surface area contributed by atoms with Crippen molar-refractivity contribution in [3.05, 3.63) is 75.2 Å². The number of aryl methyl sites for hydroxylation is 1. The number of hydrogen-bond donors (Lipinski definition) is 2. The van der Waals surface area contributed by atoms with Crippen LogP contribution in [0.2, 0.25) is 0 Å². The number of thiazole rings is 1. The Hall–Kier alpha value is -3.83. The molecule has 7 nitrogen and oxygen atoms in total. The van der Waals surface area contributed by atoms with Crippen molar-refractivity contribution in [2.24, 2.45) is 0 Å². The van der Waals surface area contributed by atoms with Crippen LogP contribution in [0.15, 0.2) is 47.8 Å². The second-order valence-electron chi connectivity index (χ2n) is 7.76. The zero-order chi connectivity index (χ0) is 21.9. The molecule has 1 aliphatic rings. The Balaban J connectivity index is 1.29. The molecule has 0 aliphatic heterocycles. The van der Waals surface area contributed by atoms with E-state index in [1.165, 1.54) is 25.0 Å². The van der Waals surface area contributed by atoms with Crippen molar-refractivity contribution >= 4 is 22.9 Å². The predicted octanol–water partition coefficient (Wildman–Crippen LogP) is 4.55. The number of nitrogens with one attached hydrogen (secondary N) is 2. The molecule has 1 fully saturated rings. The molecule has 2 aromatic carbocycles. The van der Waals surface area contributed by atoms with Gasteiger partial charge in [-0.25, -0.2) is 4.98 Å². The minimum atomic E-state index is -0.189. The van der Waals surface area contributed by atoms with E-state index in [1.807, 2.05) is 37.3 Å². The summed E-state index contributed by atoms with van der Waals surface area (Å²) < 4.78 is 0. The Morgan fingerprint density at radius 2 is 2.09 bits per heavy atom. The van der Waals surface area contributed by atoms with E-state index in [0.29, 0.717) is 17.3 Å².